The standard InChI is InChI=1S/C16H23N3O3/c1-12-8-17-6-7-19(12)10-16(20)18-9-13-11-21-14-4-2-3-5-15(14)22-13/h2-5,12-13,17H,6-11H2,1H3,(H,18,20)/t12-,13?/m0/s1. The summed E-state index contributed by atoms with van der Waals surface area (Å²) in [7, 11) is 0. The van der Waals surface area contributed by atoms with E-state index >= 15 is 0 Å². The maximum absolute atomic E-state index is 12.1. The first-order valence-corrected chi connectivity index (χ1v) is 7.82. The summed E-state index contributed by atoms with van der Waals surface area (Å²) >= 11 is 0. The van der Waals surface area contributed by atoms with E-state index in [-0.39, 0.29) is 12.0 Å². The molecule has 1 fully saturated rings. The highest BCUT2D eigenvalue weighted by Gasteiger charge is 2.23. The number of rotatable bonds is 4. The van der Waals surface area contributed by atoms with Gasteiger partial charge in [-0.25, -0.2) is 0 Å². The van der Waals surface area contributed by atoms with Gasteiger partial charge < -0.3 is 20.1 Å². The van der Waals surface area contributed by atoms with Crippen molar-refractivity contribution in [3.8, 4) is 11.5 Å². The fraction of sp³-hybridized carbons (Fsp3) is 0.562. The van der Waals surface area contributed by atoms with Crippen molar-refractivity contribution < 1.29 is 14.3 Å². The predicted octanol–water partition coefficient (Wildman–Crippen LogP) is 0.236. The number of fused-ring (bicyclic) bond motifs is 1. The quantitative estimate of drug-likeness (QED) is 0.834. The Labute approximate surface area is 130 Å². The molecular formula is C16H23N3O3. The first-order valence-electron chi connectivity index (χ1n) is 7.82. The van der Waals surface area contributed by atoms with E-state index in [1.54, 1.807) is 0 Å². The van der Waals surface area contributed by atoms with Gasteiger partial charge in [0.15, 0.2) is 11.5 Å². The van der Waals surface area contributed by atoms with Crippen LogP contribution in [0.2, 0.25) is 0 Å². The average Bonchev–Trinajstić information content (AvgIpc) is 2.55. The third-order valence-electron chi connectivity index (χ3n) is 4.08. The normalized spacial score (nSPS) is 24.8. The second kappa shape index (κ2) is 6.98. The molecule has 1 aromatic rings. The lowest BCUT2D eigenvalue weighted by molar-refractivity contribution is -0.123. The molecule has 3 rings (SSSR count). The van der Waals surface area contributed by atoms with Gasteiger partial charge in [-0.15, -0.1) is 0 Å². The maximum Gasteiger partial charge on any atom is 0.234 e. The van der Waals surface area contributed by atoms with Crippen molar-refractivity contribution in [1.82, 2.24) is 15.5 Å². The molecule has 0 aliphatic carbocycles. The van der Waals surface area contributed by atoms with Crippen LogP contribution in [-0.2, 0) is 4.79 Å². The molecule has 0 spiro atoms. The number of carbonyl (C=O) groups is 1. The maximum atomic E-state index is 12.1. The molecule has 2 atom stereocenters. The Morgan fingerprint density at radius 1 is 1.41 bits per heavy atom. The molecular weight excluding hydrogens is 282 g/mol. The SMILES string of the molecule is C[C@H]1CNCCN1CC(=O)NCC1COc2ccccc2O1. The van der Waals surface area contributed by atoms with Crippen molar-refractivity contribution >= 4 is 5.91 Å². The summed E-state index contributed by atoms with van der Waals surface area (Å²) in [5.74, 6) is 1.54. The second-order valence-corrected chi connectivity index (χ2v) is 5.83. The van der Waals surface area contributed by atoms with Crippen LogP contribution in [0, 0.1) is 0 Å². The highest BCUT2D eigenvalue weighted by Crippen LogP contribution is 2.30. The van der Waals surface area contributed by atoms with Gasteiger partial charge in [-0.3, -0.25) is 9.69 Å². The number of hydrogen-bond acceptors (Lipinski definition) is 5. The first-order chi connectivity index (χ1) is 10.7. The summed E-state index contributed by atoms with van der Waals surface area (Å²) in [6.07, 6.45) is -0.140. The predicted molar refractivity (Wildman–Crippen MR) is 83.3 cm³/mol. The summed E-state index contributed by atoms with van der Waals surface area (Å²) in [6, 6.07) is 7.98. The number of ether oxygens (including phenoxy) is 2. The smallest absolute Gasteiger partial charge is 0.234 e. The van der Waals surface area contributed by atoms with Gasteiger partial charge in [-0.05, 0) is 19.1 Å². The second-order valence-electron chi connectivity index (χ2n) is 5.83. The topological polar surface area (TPSA) is 62.8 Å². The zero-order chi connectivity index (χ0) is 15.4. The minimum atomic E-state index is -0.140. The number of nitrogens with one attached hydrogen (secondary N) is 2. The van der Waals surface area contributed by atoms with Gasteiger partial charge in [0.05, 0.1) is 13.1 Å². The van der Waals surface area contributed by atoms with Crippen molar-refractivity contribution in [2.24, 2.45) is 0 Å². The molecule has 2 N–H and O–H groups in total. The Morgan fingerprint density at radius 3 is 3.05 bits per heavy atom. The van der Waals surface area contributed by atoms with Crippen LogP contribution in [0.5, 0.6) is 11.5 Å². The van der Waals surface area contributed by atoms with Crippen LogP contribution in [0.15, 0.2) is 24.3 Å². The Bertz CT molecular complexity index is 523. The van der Waals surface area contributed by atoms with Crippen molar-refractivity contribution in [1.29, 1.82) is 0 Å². The zero-order valence-electron chi connectivity index (χ0n) is 12.9. The van der Waals surface area contributed by atoms with E-state index in [1.165, 1.54) is 0 Å². The molecule has 1 saturated heterocycles. The van der Waals surface area contributed by atoms with Gasteiger partial charge in [0.1, 0.15) is 12.7 Å². The molecule has 0 aromatic heterocycles. The van der Waals surface area contributed by atoms with Gasteiger partial charge in [-0.2, -0.15) is 0 Å². The van der Waals surface area contributed by atoms with Crippen LogP contribution in [0.4, 0.5) is 0 Å². The Hall–Kier alpha value is -1.79. The lowest BCUT2D eigenvalue weighted by atomic mass is 10.2. The van der Waals surface area contributed by atoms with Crippen LogP contribution in [0.3, 0.4) is 0 Å². The number of para-hydroxylation sites is 2. The number of hydrogen-bond donors (Lipinski definition) is 2. The van der Waals surface area contributed by atoms with E-state index in [9.17, 15) is 4.79 Å². The molecule has 6 heteroatoms. The zero-order valence-corrected chi connectivity index (χ0v) is 12.9. The fourth-order valence-corrected chi connectivity index (χ4v) is 2.75. The van der Waals surface area contributed by atoms with Crippen LogP contribution in [-0.4, -0.2) is 62.3 Å². The fourth-order valence-electron chi connectivity index (χ4n) is 2.75. The van der Waals surface area contributed by atoms with E-state index < -0.39 is 0 Å². The number of benzene rings is 1. The van der Waals surface area contributed by atoms with E-state index in [1.807, 2.05) is 24.3 Å². The van der Waals surface area contributed by atoms with Crippen LogP contribution in [0.25, 0.3) is 0 Å². The lowest BCUT2D eigenvalue weighted by Gasteiger charge is -2.33. The highest BCUT2D eigenvalue weighted by molar-refractivity contribution is 5.78. The average molecular weight is 305 g/mol. The monoisotopic (exact) mass is 305 g/mol. The summed E-state index contributed by atoms with van der Waals surface area (Å²) in [5.41, 5.74) is 0. The molecule has 2 aliphatic rings. The summed E-state index contributed by atoms with van der Waals surface area (Å²) in [4.78, 5) is 14.3. The third kappa shape index (κ3) is 3.69. The third-order valence-corrected chi connectivity index (χ3v) is 4.08. The van der Waals surface area contributed by atoms with E-state index in [4.69, 9.17) is 9.47 Å². The van der Waals surface area contributed by atoms with E-state index in [0.29, 0.717) is 25.7 Å². The van der Waals surface area contributed by atoms with Gasteiger partial charge in [-0.1, -0.05) is 12.1 Å². The molecule has 22 heavy (non-hydrogen) atoms. The van der Waals surface area contributed by atoms with Crippen LogP contribution in [0.1, 0.15) is 6.92 Å². The van der Waals surface area contributed by atoms with Crippen molar-refractivity contribution in [2.75, 3.05) is 39.3 Å². The summed E-state index contributed by atoms with van der Waals surface area (Å²) < 4.78 is 11.5. The molecule has 6 nitrogen and oxygen atoms in total. The minimum absolute atomic E-state index is 0.0382. The molecule has 0 radical (unpaired) electrons. The molecule has 0 saturated carbocycles. The van der Waals surface area contributed by atoms with Gasteiger partial charge >= 0.3 is 0 Å². The molecule has 2 heterocycles. The molecule has 120 valence electrons. The van der Waals surface area contributed by atoms with Crippen LogP contribution >= 0.6 is 0 Å². The van der Waals surface area contributed by atoms with Gasteiger partial charge in [0, 0.05) is 25.7 Å². The van der Waals surface area contributed by atoms with Crippen molar-refractivity contribution in [3.05, 3.63) is 24.3 Å². The molecule has 1 amide bonds. The van der Waals surface area contributed by atoms with Gasteiger partial charge in [0.2, 0.25) is 5.91 Å². The van der Waals surface area contributed by atoms with E-state index in [2.05, 4.69) is 22.5 Å². The molecule has 2 aliphatic heterocycles. The number of carbonyl (C=O) groups excluding carboxylic acids is 1. The largest absolute Gasteiger partial charge is 0.486 e. The Morgan fingerprint density at radius 2 is 2.23 bits per heavy atom. The Balaban J connectivity index is 1.44. The Kier molecular flexibility index (Phi) is 4.80. The number of amides is 1. The number of nitrogens with zero attached hydrogens (tertiary/aromatic N) is 1. The van der Waals surface area contributed by atoms with Crippen LogP contribution < -0.4 is 20.1 Å². The molecule has 1 unspecified atom stereocenters. The number of piperazine rings is 1. The summed E-state index contributed by atoms with van der Waals surface area (Å²) in [5, 5.41) is 6.27. The molecule has 1 aromatic carbocycles. The van der Waals surface area contributed by atoms with Crippen molar-refractivity contribution in [2.45, 2.75) is 19.1 Å². The van der Waals surface area contributed by atoms with E-state index in [0.717, 1.165) is 31.1 Å². The first kappa shape index (κ1) is 15.1. The highest BCUT2D eigenvalue weighted by atomic mass is 16.6. The summed E-state index contributed by atoms with van der Waals surface area (Å²) in [6.45, 7) is 6.28. The lowest BCUT2D eigenvalue weighted by Crippen LogP contribution is -2.53. The van der Waals surface area contributed by atoms with Crippen molar-refractivity contribution in [3.63, 3.8) is 0 Å². The van der Waals surface area contributed by atoms with Gasteiger partial charge in [0.25, 0.3) is 0 Å². The minimum Gasteiger partial charge on any atom is -0.486 e. The molecule has 0 bridgehead atoms.